The molecule has 1 aliphatic rings. The van der Waals surface area contributed by atoms with Crippen LogP contribution in [0.15, 0.2) is 41.3 Å². The number of carbonyl (C=O) groups is 1. The van der Waals surface area contributed by atoms with E-state index in [1.165, 1.54) is 6.07 Å². The van der Waals surface area contributed by atoms with Gasteiger partial charge in [-0.3, -0.25) is 9.59 Å². The minimum Gasteiger partial charge on any atom is -0.338 e. The van der Waals surface area contributed by atoms with Crippen LogP contribution in [0, 0.1) is 0 Å². The largest absolute Gasteiger partial charge is 0.338 e. The maximum atomic E-state index is 12.8. The maximum absolute atomic E-state index is 12.8. The van der Waals surface area contributed by atoms with Gasteiger partial charge in [-0.2, -0.15) is 0 Å². The Morgan fingerprint density at radius 2 is 2.09 bits per heavy atom. The van der Waals surface area contributed by atoms with E-state index in [0.717, 1.165) is 31.3 Å². The molecule has 2 N–H and O–H groups in total. The lowest BCUT2D eigenvalue weighted by Crippen LogP contribution is -2.52. The van der Waals surface area contributed by atoms with Crippen molar-refractivity contribution in [1.29, 1.82) is 0 Å². The molecule has 3 rings (SSSR count). The van der Waals surface area contributed by atoms with Crippen molar-refractivity contribution < 1.29 is 4.79 Å². The first-order chi connectivity index (χ1) is 11.1. The predicted octanol–water partition coefficient (Wildman–Crippen LogP) is 1.73. The molecule has 2 atom stereocenters. The first-order valence-electron chi connectivity index (χ1n) is 8.21. The van der Waals surface area contributed by atoms with E-state index in [2.05, 4.69) is 0 Å². The third kappa shape index (κ3) is 3.15. The lowest BCUT2D eigenvalue weighted by atomic mass is 9.97. The summed E-state index contributed by atoms with van der Waals surface area (Å²) in [5.41, 5.74) is 6.83. The lowest BCUT2D eigenvalue weighted by Gasteiger charge is -2.38. The zero-order chi connectivity index (χ0) is 16.4. The molecule has 0 saturated carbocycles. The number of piperidine rings is 1. The maximum Gasteiger partial charge on any atom is 0.242 e. The van der Waals surface area contributed by atoms with Gasteiger partial charge in [0.05, 0.1) is 5.52 Å². The monoisotopic (exact) mass is 313 g/mol. The van der Waals surface area contributed by atoms with Crippen LogP contribution in [-0.4, -0.2) is 34.0 Å². The van der Waals surface area contributed by atoms with Crippen LogP contribution in [0.4, 0.5) is 0 Å². The molecule has 1 amide bonds. The molecule has 0 radical (unpaired) electrons. The van der Waals surface area contributed by atoms with Crippen LogP contribution in [0.3, 0.4) is 0 Å². The van der Waals surface area contributed by atoms with Crippen LogP contribution < -0.4 is 11.2 Å². The fourth-order valence-electron chi connectivity index (χ4n) is 3.45. The highest BCUT2D eigenvalue weighted by Crippen LogP contribution is 2.20. The first-order valence-corrected chi connectivity index (χ1v) is 8.21. The molecule has 0 spiro atoms. The van der Waals surface area contributed by atoms with Gasteiger partial charge < -0.3 is 15.2 Å². The van der Waals surface area contributed by atoms with E-state index >= 15 is 0 Å². The van der Waals surface area contributed by atoms with Crippen LogP contribution in [-0.2, 0) is 11.3 Å². The van der Waals surface area contributed by atoms with Gasteiger partial charge >= 0.3 is 0 Å². The number of hydrogen-bond acceptors (Lipinski definition) is 3. The third-order valence-electron chi connectivity index (χ3n) is 4.67. The molecule has 23 heavy (non-hydrogen) atoms. The molecule has 5 nitrogen and oxygen atoms in total. The predicted molar refractivity (Wildman–Crippen MR) is 91.2 cm³/mol. The van der Waals surface area contributed by atoms with Gasteiger partial charge in [-0.05, 0) is 38.3 Å². The van der Waals surface area contributed by atoms with Gasteiger partial charge in [-0.15, -0.1) is 0 Å². The van der Waals surface area contributed by atoms with Gasteiger partial charge in [0.25, 0.3) is 0 Å². The number of fused-ring (bicyclic) bond motifs is 1. The third-order valence-corrected chi connectivity index (χ3v) is 4.67. The highest BCUT2D eigenvalue weighted by molar-refractivity contribution is 5.82. The Morgan fingerprint density at radius 1 is 1.30 bits per heavy atom. The number of benzene rings is 1. The van der Waals surface area contributed by atoms with Crippen molar-refractivity contribution in [3.8, 4) is 0 Å². The van der Waals surface area contributed by atoms with Crippen LogP contribution >= 0.6 is 0 Å². The Labute approximate surface area is 135 Å². The molecule has 0 unspecified atom stereocenters. The summed E-state index contributed by atoms with van der Waals surface area (Å²) >= 11 is 0. The van der Waals surface area contributed by atoms with Gasteiger partial charge in [0, 0.05) is 36.3 Å². The van der Waals surface area contributed by atoms with E-state index in [4.69, 9.17) is 5.73 Å². The van der Waals surface area contributed by atoms with Crippen LogP contribution in [0.2, 0.25) is 0 Å². The molecule has 1 fully saturated rings. The average molecular weight is 313 g/mol. The highest BCUT2D eigenvalue weighted by Gasteiger charge is 2.29. The minimum atomic E-state index is -0.0231. The number of amides is 1. The summed E-state index contributed by atoms with van der Waals surface area (Å²) < 4.78 is 1.85. The molecule has 2 heterocycles. The van der Waals surface area contributed by atoms with Crippen molar-refractivity contribution in [1.82, 2.24) is 9.47 Å². The second kappa shape index (κ2) is 6.54. The Bertz CT molecular complexity index is 766. The van der Waals surface area contributed by atoms with Gasteiger partial charge in [0.2, 0.25) is 5.91 Å². The number of likely N-dealkylation sites (tertiary alicyclic amines) is 1. The SMILES string of the molecule is C[C@@H](N)[C@@H]1CCCCN1C(=O)Cn1ccc(=O)c2ccccc21. The van der Waals surface area contributed by atoms with E-state index in [9.17, 15) is 9.59 Å². The molecule has 0 bridgehead atoms. The number of aromatic nitrogens is 1. The molecule has 1 aliphatic heterocycles. The molecule has 2 aromatic rings. The fraction of sp³-hybridized carbons (Fsp3) is 0.444. The molecule has 1 aromatic heterocycles. The van der Waals surface area contributed by atoms with Gasteiger partial charge in [-0.1, -0.05) is 12.1 Å². The zero-order valence-corrected chi connectivity index (χ0v) is 13.4. The summed E-state index contributed by atoms with van der Waals surface area (Å²) in [4.78, 5) is 26.6. The summed E-state index contributed by atoms with van der Waals surface area (Å²) in [6.07, 6.45) is 4.82. The summed E-state index contributed by atoms with van der Waals surface area (Å²) in [5.74, 6) is 0.0702. The van der Waals surface area contributed by atoms with Crippen molar-refractivity contribution in [3.05, 3.63) is 46.8 Å². The summed E-state index contributed by atoms with van der Waals surface area (Å²) in [6.45, 7) is 2.97. The first kappa shape index (κ1) is 15.7. The zero-order valence-electron chi connectivity index (χ0n) is 13.4. The van der Waals surface area contributed by atoms with E-state index in [-0.39, 0.29) is 30.0 Å². The van der Waals surface area contributed by atoms with E-state index in [1.54, 1.807) is 12.3 Å². The topological polar surface area (TPSA) is 68.3 Å². The van der Waals surface area contributed by atoms with Crippen LogP contribution in [0.25, 0.3) is 10.9 Å². The Kier molecular flexibility index (Phi) is 4.48. The summed E-state index contributed by atoms with van der Waals surface area (Å²) in [6, 6.07) is 9.01. The lowest BCUT2D eigenvalue weighted by molar-refractivity contribution is -0.135. The molecule has 0 aliphatic carbocycles. The quantitative estimate of drug-likeness (QED) is 0.938. The average Bonchev–Trinajstić information content (AvgIpc) is 2.57. The summed E-state index contributed by atoms with van der Waals surface area (Å²) in [7, 11) is 0. The van der Waals surface area contributed by atoms with Crippen molar-refractivity contribution in [2.45, 2.75) is 44.8 Å². The molecule has 1 aromatic carbocycles. The van der Waals surface area contributed by atoms with Crippen molar-refractivity contribution >= 4 is 16.8 Å². The number of nitrogens with zero attached hydrogens (tertiary/aromatic N) is 2. The van der Waals surface area contributed by atoms with Crippen LogP contribution in [0.5, 0.6) is 0 Å². The molecule has 5 heteroatoms. The second-order valence-electron chi connectivity index (χ2n) is 6.33. The molecule has 1 saturated heterocycles. The number of rotatable bonds is 3. The standard InChI is InChI=1S/C18H23N3O2/c1-13(19)15-7-4-5-10-21(15)18(23)12-20-11-9-17(22)14-6-2-3-8-16(14)20/h2-3,6,8-9,11,13,15H,4-5,7,10,12,19H2,1H3/t13-,15+/m1/s1. The Hall–Kier alpha value is -2.14. The molecule has 122 valence electrons. The number of nitrogens with two attached hydrogens (primary N) is 1. The highest BCUT2D eigenvalue weighted by atomic mass is 16.2. The van der Waals surface area contributed by atoms with Crippen molar-refractivity contribution in [3.63, 3.8) is 0 Å². The number of para-hydroxylation sites is 1. The smallest absolute Gasteiger partial charge is 0.242 e. The van der Waals surface area contributed by atoms with E-state index in [1.807, 2.05) is 34.6 Å². The van der Waals surface area contributed by atoms with Gasteiger partial charge in [0.1, 0.15) is 6.54 Å². The Morgan fingerprint density at radius 3 is 2.87 bits per heavy atom. The van der Waals surface area contributed by atoms with Crippen molar-refractivity contribution in [2.24, 2.45) is 5.73 Å². The second-order valence-corrected chi connectivity index (χ2v) is 6.33. The Balaban J connectivity index is 1.88. The number of carbonyl (C=O) groups excluding carboxylic acids is 1. The molecular formula is C18H23N3O2. The minimum absolute atomic E-state index is 0.0178. The normalized spacial score (nSPS) is 19.7. The van der Waals surface area contributed by atoms with Gasteiger partial charge in [0.15, 0.2) is 5.43 Å². The number of hydrogen-bond donors (Lipinski definition) is 1. The van der Waals surface area contributed by atoms with Gasteiger partial charge in [-0.25, -0.2) is 0 Å². The number of pyridine rings is 1. The van der Waals surface area contributed by atoms with E-state index in [0.29, 0.717) is 5.39 Å². The molecular weight excluding hydrogens is 290 g/mol. The van der Waals surface area contributed by atoms with Crippen LogP contribution in [0.1, 0.15) is 26.2 Å². The fourth-order valence-corrected chi connectivity index (χ4v) is 3.45. The van der Waals surface area contributed by atoms with Crippen molar-refractivity contribution in [2.75, 3.05) is 6.54 Å². The van der Waals surface area contributed by atoms with E-state index < -0.39 is 0 Å². The summed E-state index contributed by atoms with van der Waals surface area (Å²) in [5, 5.41) is 0.644.